The molecule has 0 atom stereocenters. The van der Waals surface area contributed by atoms with E-state index in [9.17, 15) is 4.39 Å². The van der Waals surface area contributed by atoms with E-state index >= 15 is 0 Å². The first-order valence-corrected chi connectivity index (χ1v) is 10.3. The van der Waals surface area contributed by atoms with Gasteiger partial charge in [-0.25, -0.2) is 4.39 Å². The average molecular weight is 410 g/mol. The molecule has 2 aromatic carbocycles. The molecular weight excluding hydrogens is 385 g/mol. The molecule has 0 amide bonds. The van der Waals surface area contributed by atoms with Crippen molar-refractivity contribution in [2.75, 3.05) is 18.0 Å². The number of halogens is 2. The summed E-state index contributed by atoms with van der Waals surface area (Å²) in [5.74, 6) is -0.237. The van der Waals surface area contributed by atoms with Crippen molar-refractivity contribution in [2.45, 2.75) is 32.7 Å². The monoisotopic (exact) mass is 409 g/mol. The topological polar surface area (TPSA) is 42.2 Å². The number of pyridine rings is 1. The number of benzene rings is 2. The van der Waals surface area contributed by atoms with Gasteiger partial charge in [0.2, 0.25) is 0 Å². The van der Waals surface area contributed by atoms with Crippen LogP contribution in [0.5, 0.6) is 0 Å². The molecule has 150 valence electrons. The minimum absolute atomic E-state index is 0.231. The highest BCUT2D eigenvalue weighted by Crippen LogP contribution is 2.41. The number of aryl methyl sites for hydroxylation is 2. The summed E-state index contributed by atoms with van der Waals surface area (Å²) in [7, 11) is 0. The number of rotatable bonds is 3. The summed E-state index contributed by atoms with van der Waals surface area (Å²) >= 11 is 6.25. The second-order valence-electron chi connectivity index (χ2n) is 7.89. The van der Waals surface area contributed by atoms with E-state index in [4.69, 9.17) is 17.3 Å². The molecule has 0 spiro atoms. The van der Waals surface area contributed by atoms with Crippen LogP contribution >= 0.6 is 11.6 Å². The molecule has 5 heteroatoms. The normalized spacial score (nSPS) is 15.0. The molecule has 1 fully saturated rings. The van der Waals surface area contributed by atoms with Crippen LogP contribution in [-0.2, 0) is 0 Å². The minimum Gasteiger partial charge on any atom is -0.370 e. The summed E-state index contributed by atoms with van der Waals surface area (Å²) in [6.07, 6.45) is 5.60. The van der Waals surface area contributed by atoms with Crippen molar-refractivity contribution in [1.82, 2.24) is 4.98 Å². The van der Waals surface area contributed by atoms with E-state index in [0.717, 1.165) is 70.0 Å². The number of nitrogens with two attached hydrogens (primary N) is 1. The van der Waals surface area contributed by atoms with Crippen molar-refractivity contribution in [3.63, 3.8) is 0 Å². The fraction of sp³-hybridized carbons (Fsp3) is 0.292. The van der Waals surface area contributed by atoms with Gasteiger partial charge in [-0.2, -0.15) is 0 Å². The zero-order valence-corrected chi connectivity index (χ0v) is 17.5. The standard InChI is InChI=1S/C24H25ClFN3/c1-15-9-18(12-19(26)10-15)22-14-28-13-21(17-3-4-23(25)16(2)11-17)24(22)29-7-5-20(27)6-8-29/h3-4,9-14,20H,5-8,27H2,1-2H3. The van der Waals surface area contributed by atoms with Crippen molar-refractivity contribution >= 4 is 17.3 Å². The minimum atomic E-state index is -0.237. The first kappa shape index (κ1) is 19.9. The molecule has 4 rings (SSSR count). The highest BCUT2D eigenvalue weighted by atomic mass is 35.5. The lowest BCUT2D eigenvalue weighted by atomic mass is 9.94. The smallest absolute Gasteiger partial charge is 0.124 e. The zero-order valence-electron chi connectivity index (χ0n) is 16.8. The van der Waals surface area contributed by atoms with Crippen LogP contribution in [0.4, 0.5) is 10.1 Å². The summed E-state index contributed by atoms with van der Waals surface area (Å²) in [6, 6.07) is 11.4. The van der Waals surface area contributed by atoms with Crippen molar-refractivity contribution in [3.05, 3.63) is 70.8 Å². The number of piperidine rings is 1. The largest absolute Gasteiger partial charge is 0.370 e. The predicted molar refractivity (Wildman–Crippen MR) is 119 cm³/mol. The lowest BCUT2D eigenvalue weighted by Gasteiger charge is -2.35. The lowest BCUT2D eigenvalue weighted by Crippen LogP contribution is -2.40. The SMILES string of the molecule is Cc1cc(F)cc(-c2cncc(-c3ccc(Cl)c(C)c3)c2N2CCC(N)CC2)c1. The van der Waals surface area contributed by atoms with E-state index in [2.05, 4.69) is 16.0 Å². The second kappa shape index (κ2) is 8.13. The maximum atomic E-state index is 14.2. The van der Waals surface area contributed by atoms with Gasteiger partial charge >= 0.3 is 0 Å². The third-order valence-electron chi connectivity index (χ3n) is 5.60. The van der Waals surface area contributed by atoms with Gasteiger partial charge in [0.15, 0.2) is 0 Å². The molecule has 1 aliphatic heterocycles. The molecule has 0 radical (unpaired) electrons. The van der Waals surface area contributed by atoms with Gasteiger partial charge in [-0.1, -0.05) is 23.7 Å². The molecule has 0 bridgehead atoms. The van der Waals surface area contributed by atoms with Crippen LogP contribution in [0.1, 0.15) is 24.0 Å². The van der Waals surface area contributed by atoms with Gasteiger partial charge < -0.3 is 10.6 Å². The molecule has 3 aromatic rings. The fourth-order valence-corrected chi connectivity index (χ4v) is 4.16. The zero-order chi connectivity index (χ0) is 20.5. The van der Waals surface area contributed by atoms with Crippen LogP contribution in [0.25, 0.3) is 22.3 Å². The molecule has 2 heterocycles. The average Bonchev–Trinajstić information content (AvgIpc) is 2.69. The first-order chi connectivity index (χ1) is 13.9. The molecule has 29 heavy (non-hydrogen) atoms. The van der Waals surface area contributed by atoms with Crippen molar-refractivity contribution in [2.24, 2.45) is 5.73 Å². The number of nitrogens with zero attached hydrogens (tertiary/aromatic N) is 2. The Morgan fingerprint density at radius 3 is 2.34 bits per heavy atom. The number of hydrogen-bond donors (Lipinski definition) is 1. The Kier molecular flexibility index (Phi) is 5.57. The highest BCUT2D eigenvalue weighted by Gasteiger charge is 2.23. The van der Waals surface area contributed by atoms with Crippen molar-refractivity contribution in [3.8, 4) is 22.3 Å². The Labute approximate surface area is 176 Å². The predicted octanol–water partition coefficient (Wildman–Crippen LogP) is 5.75. The van der Waals surface area contributed by atoms with Crippen LogP contribution in [-0.4, -0.2) is 24.1 Å². The molecule has 2 N–H and O–H groups in total. The van der Waals surface area contributed by atoms with Gasteiger partial charge in [0.25, 0.3) is 0 Å². The second-order valence-corrected chi connectivity index (χ2v) is 8.30. The number of anilines is 1. The molecule has 0 aliphatic carbocycles. The number of aromatic nitrogens is 1. The molecule has 1 saturated heterocycles. The number of hydrogen-bond acceptors (Lipinski definition) is 3. The van der Waals surface area contributed by atoms with E-state index in [1.54, 1.807) is 12.1 Å². The van der Waals surface area contributed by atoms with Crippen LogP contribution < -0.4 is 10.6 Å². The van der Waals surface area contributed by atoms with Crippen LogP contribution in [0.3, 0.4) is 0 Å². The third kappa shape index (κ3) is 4.14. The fourth-order valence-electron chi connectivity index (χ4n) is 4.04. The first-order valence-electron chi connectivity index (χ1n) is 9.95. The van der Waals surface area contributed by atoms with Crippen LogP contribution in [0, 0.1) is 19.7 Å². The van der Waals surface area contributed by atoms with E-state index < -0.39 is 0 Å². The summed E-state index contributed by atoms with van der Waals surface area (Å²) in [5, 5.41) is 0.740. The van der Waals surface area contributed by atoms with Gasteiger partial charge in [-0.3, -0.25) is 4.98 Å². The Morgan fingerprint density at radius 1 is 1.00 bits per heavy atom. The van der Waals surface area contributed by atoms with Gasteiger partial charge in [-0.15, -0.1) is 0 Å². The Balaban J connectivity index is 1.92. The Hall–Kier alpha value is -2.43. The van der Waals surface area contributed by atoms with Gasteiger partial charge in [0.05, 0.1) is 5.69 Å². The van der Waals surface area contributed by atoms with Crippen molar-refractivity contribution < 1.29 is 4.39 Å². The van der Waals surface area contributed by atoms with Crippen molar-refractivity contribution in [1.29, 1.82) is 0 Å². The summed E-state index contributed by atoms with van der Waals surface area (Å²) in [5.41, 5.74) is 13.0. The molecular formula is C24H25ClFN3. The van der Waals surface area contributed by atoms with E-state index in [1.807, 2.05) is 44.4 Å². The molecule has 0 saturated carbocycles. The van der Waals surface area contributed by atoms with E-state index in [1.165, 1.54) is 0 Å². The van der Waals surface area contributed by atoms with Crippen LogP contribution in [0.15, 0.2) is 48.8 Å². The highest BCUT2D eigenvalue weighted by molar-refractivity contribution is 6.31. The quantitative estimate of drug-likeness (QED) is 0.598. The molecule has 3 nitrogen and oxygen atoms in total. The summed E-state index contributed by atoms with van der Waals surface area (Å²) < 4.78 is 14.2. The maximum absolute atomic E-state index is 14.2. The molecule has 0 unspecified atom stereocenters. The maximum Gasteiger partial charge on any atom is 0.124 e. The van der Waals surface area contributed by atoms with E-state index in [0.29, 0.717) is 0 Å². The van der Waals surface area contributed by atoms with Gasteiger partial charge in [0.1, 0.15) is 5.82 Å². The summed E-state index contributed by atoms with van der Waals surface area (Å²) in [6.45, 7) is 5.64. The third-order valence-corrected chi connectivity index (χ3v) is 6.02. The molecule has 1 aliphatic rings. The Bertz CT molecular complexity index is 1020. The van der Waals surface area contributed by atoms with Crippen LogP contribution in [0.2, 0.25) is 5.02 Å². The van der Waals surface area contributed by atoms with Gasteiger partial charge in [0, 0.05) is 47.7 Å². The van der Waals surface area contributed by atoms with Gasteiger partial charge in [-0.05, 0) is 73.2 Å². The Morgan fingerprint density at radius 2 is 1.69 bits per heavy atom. The molecule has 1 aromatic heterocycles. The summed E-state index contributed by atoms with van der Waals surface area (Å²) in [4.78, 5) is 6.87. The van der Waals surface area contributed by atoms with E-state index in [-0.39, 0.29) is 11.9 Å². The lowest BCUT2D eigenvalue weighted by molar-refractivity contribution is 0.501.